The summed E-state index contributed by atoms with van der Waals surface area (Å²) in [4.78, 5) is 34.8. The summed E-state index contributed by atoms with van der Waals surface area (Å²) in [5, 5.41) is 2.44. The molecule has 3 aliphatic rings. The van der Waals surface area contributed by atoms with Crippen LogP contribution >= 0.6 is 0 Å². The van der Waals surface area contributed by atoms with E-state index in [9.17, 15) is 4.79 Å². The Kier molecular flexibility index (Phi) is 8.45. The molecular formula is C33H39N7O3. The number of aromatic nitrogens is 2. The van der Waals surface area contributed by atoms with Crippen molar-refractivity contribution in [3.63, 3.8) is 0 Å². The number of hydrogen-bond acceptors (Lipinski definition) is 8. The Balaban J connectivity index is 1.32. The van der Waals surface area contributed by atoms with Crippen LogP contribution in [0.2, 0.25) is 0 Å². The zero-order chi connectivity index (χ0) is 29.9. The van der Waals surface area contributed by atoms with E-state index in [1.807, 2.05) is 0 Å². The number of carbonyl (C=O) groups is 1. The lowest BCUT2D eigenvalue weighted by molar-refractivity contribution is -0.128. The summed E-state index contributed by atoms with van der Waals surface area (Å²) in [6, 6.07) is 15.3. The first-order valence-electron chi connectivity index (χ1n) is 15.0. The molecule has 1 amide bonds. The first-order valence-corrected chi connectivity index (χ1v) is 15.0. The van der Waals surface area contributed by atoms with Crippen molar-refractivity contribution in [2.75, 3.05) is 69.8 Å². The number of ether oxygens (including phenoxy) is 2. The molecule has 3 atom stereocenters. The van der Waals surface area contributed by atoms with E-state index in [4.69, 9.17) is 26.0 Å². The number of anilines is 2. The third kappa shape index (κ3) is 5.88. The number of likely N-dealkylation sites (tertiary alicyclic amines) is 1. The Morgan fingerprint density at radius 3 is 2.72 bits per heavy atom. The molecule has 43 heavy (non-hydrogen) atoms. The van der Waals surface area contributed by atoms with Crippen molar-refractivity contribution in [2.45, 2.75) is 37.6 Å². The van der Waals surface area contributed by atoms with Crippen molar-refractivity contribution < 1.29 is 14.3 Å². The number of methoxy groups -OCH3 is 1. The van der Waals surface area contributed by atoms with Gasteiger partial charge in [0.15, 0.2) is 0 Å². The summed E-state index contributed by atoms with van der Waals surface area (Å²) >= 11 is 0. The summed E-state index contributed by atoms with van der Waals surface area (Å²) in [5.74, 6) is 0.718. The molecule has 3 aliphatic heterocycles. The number of carbonyl (C=O) groups excluding carboxylic acids is 1. The van der Waals surface area contributed by atoms with Crippen molar-refractivity contribution in [1.82, 2.24) is 19.8 Å². The van der Waals surface area contributed by atoms with Crippen molar-refractivity contribution >= 4 is 28.2 Å². The Bertz CT molecular complexity index is 1530. The number of rotatable bonds is 8. The van der Waals surface area contributed by atoms with Crippen LogP contribution in [0.15, 0.2) is 55.1 Å². The molecule has 1 aromatic heterocycles. The first-order chi connectivity index (χ1) is 21.0. The number of nitrogens with zero attached hydrogens (tertiary/aromatic N) is 7. The number of benzene rings is 2. The lowest BCUT2D eigenvalue weighted by Gasteiger charge is -2.41. The van der Waals surface area contributed by atoms with Crippen LogP contribution in [0.5, 0.6) is 6.01 Å². The standard InChI is InChI=1S/C33H39N7O3/c1-5-31(41)40-16-15-39(19-25(40)18-34-2)32-28-13-14-38(30-12-8-10-23-9-6-7-11-27(23)30)21-29(28)35-33(36-32)43-22-24-17-26(42-4)20-37(24)3/h5-12,24-26H,1,13-22H2,3-4H3/t24-,25?,26+/m0/s1. The zero-order valence-electron chi connectivity index (χ0n) is 25.0. The van der Waals surface area contributed by atoms with Gasteiger partial charge in [-0.15, -0.1) is 0 Å². The molecule has 3 aromatic rings. The van der Waals surface area contributed by atoms with E-state index in [0.29, 0.717) is 38.8 Å². The highest BCUT2D eigenvalue weighted by atomic mass is 16.5. The summed E-state index contributed by atoms with van der Waals surface area (Å²) in [6.07, 6.45) is 3.22. The van der Waals surface area contributed by atoms with Crippen LogP contribution in [0.4, 0.5) is 11.5 Å². The maximum atomic E-state index is 12.6. The molecule has 6 rings (SSSR count). The van der Waals surface area contributed by atoms with Gasteiger partial charge in [0.2, 0.25) is 12.5 Å². The lowest BCUT2D eigenvalue weighted by atomic mass is 10.0. The molecule has 10 nitrogen and oxygen atoms in total. The molecule has 2 fully saturated rings. The van der Waals surface area contributed by atoms with Crippen molar-refractivity contribution in [3.05, 3.63) is 77.8 Å². The second kappa shape index (κ2) is 12.6. The smallest absolute Gasteiger partial charge is 0.318 e. The van der Waals surface area contributed by atoms with Gasteiger partial charge in [-0.1, -0.05) is 43.0 Å². The van der Waals surface area contributed by atoms with Crippen LogP contribution in [-0.2, 0) is 22.5 Å². The maximum absolute atomic E-state index is 12.6. The molecule has 0 bridgehead atoms. The highest BCUT2D eigenvalue weighted by Gasteiger charge is 2.35. The second-order valence-electron chi connectivity index (χ2n) is 11.6. The molecule has 0 spiro atoms. The van der Waals surface area contributed by atoms with E-state index in [2.05, 4.69) is 75.6 Å². The van der Waals surface area contributed by atoms with Crippen LogP contribution in [0.3, 0.4) is 0 Å². The Morgan fingerprint density at radius 1 is 1.09 bits per heavy atom. The minimum atomic E-state index is -0.236. The van der Waals surface area contributed by atoms with Crippen LogP contribution in [-0.4, -0.2) is 104 Å². The van der Waals surface area contributed by atoms with Crippen LogP contribution in [0, 0.1) is 6.57 Å². The highest BCUT2D eigenvalue weighted by Crippen LogP contribution is 2.35. The van der Waals surface area contributed by atoms with Gasteiger partial charge in [0.05, 0.1) is 18.3 Å². The normalized spacial score (nSPS) is 22.3. The van der Waals surface area contributed by atoms with Crippen molar-refractivity contribution in [1.29, 1.82) is 0 Å². The molecule has 0 saturated carbocycles. The molecule has 2 saturated heterocycles. The second-order valence-corrected chi connectivity index (χ2v) is 11.6. The van der Waals surface area contributed by atoms with Crippen molar-refractivity contribution in [2.24, 2.45) is 0 Å². The van der Waals surface area contributed by atoms with Crippen molar-refractivity contribution in [3.8, 4) is 6.01 Å². The minimum absolute atomic E-state index is 0.136. The Labute approximate surface area is 253 Å². The quantitative estimate of drug-likeness (QED) is 0.296. The predicted molar refractivity (Wildman–Crippen MR) is 167 cm³/mol. The van der Waals surface area contributed by atoms with E-state index < -0.39 is 0 Å². The first kappa shape index (κ1) is 28.9. The molecule has 4 heterocycles. The van der Waals surface area contributed by atoms with Gasteiger partial charge in [0, 0.05) is 62.5 Å². The van der Waals surface area contributed by atoms with E-state index in [-0.39, 0.29) is 30.6 Å². The summed E-state index contributed by atoms with van der Waals surface area (Å²) in [7, 11) is 3.85. The average Bonchev–Trinajstić information content (AvgIpc) is 3.41. The maximum Gasteiger partial charge on any atom is 0.318 e. The SMILES string of the molecule is [C-]#[N+]CC1CN(c2nc(OC[C@@H]3C[C@@H](OC)CN3C)nc3c2CCN(c2cccc4ccccc24)C3)CCN1C(=O)C=C. The Morgan fingerprint density at radius 2 is 1.93 bits per heavy atom. The van der Waals surface area contributed by atoms with Gasteiger partial charge in [-0.05, 0) is 37.4 Å². The van der Waals surface area contributed by atoms with E-state index in [0.717, 1.165) is 43.0 Å². The molecule has 0 radical (unpaired) electrons. The molecule has 0 N–H and O–H groups in total. The number of hydrogen-bond donors (Lipinski definition) is 0. The number of likely N-dealkylation sites (N-methyl/N-ethyl adjacent to an activating group) is 1. The lowest BCUT2D eigenvalue weighted by Crippen LogP contribution is -2.56. The van der Waals surface area contributed by atoms with Crippen LogP contribution in [0.25, 0.3) is 15.6 Å². The fraction of sp³-hybridized carbons (Fsp3) is 0.455. The summed E-state index contributed by atoms with van der Waals surface area (Å²) in [5.41, 5.74) is 3.27. The van der Waals surface area contributed by atoms with Crippen LogP contribution in [0.1, 0.15) is 17.7 Å². The van der Waals surface area contributed by atoms with Gasteiger partial charge in [-0.25, -0.2) is 6.57 Å². The number of amides is 1. The van der Waals surface area contributed by atoms with Gasteiger partial charge in [0.1, 0.15) is 18.5 Å². The fourth-order valence-electron chi connectivity index (χ4n) is 6.69. The highest BCUT2D eigenvalue weighted by molar-refractivity contribution is 5.94. The molecule has 1 unspecified atom stereocenters. The van der Waals surface area contributed by atoms with Gasteiger partial charge in [-0.3, -0.25) is 9.69 Å². The molecule has 0 aliphatic carbocycles. The Hall–Kier alpha value is -4.20. The average molecular weight is 582 g/mol. The molecular weight excluding hydrogens is 542 g/mol. The number of piperazine rings is 1. The topological polar surface area (TPSA) is 78.6 Å². The molecule has 224 valence electrons. The summed E-state index contributed by atoms with van der Waals surface area (Å²) < 4.78 is 11.9. The van der Waals surface area contributed by atoms with E-state index in [1.165, 1.54) is 22.5 Å². The molecule has 10 heteroatoms. The van der Waals surface area contributed by atoms with E-state index in [1.54, 1.807) is 12.0 Å². The van der Waals surface area contributed by atoms with Gasteiger partial charge in [-0.2, -0.15) is 9.97 Å². The van der Waals surface area contributed by atoms with Gasteiger partial charge >= 0.3 is 6.01 Å². The van der Waals surface area contributed by atoms with E-state index >= 15 is 0 Å². The largest absolute Gasteiger partial charge is 0.462 e. The summed E-state index contributed by atoms with van der Waals surface area (Å²) in [6.45, 7) is 15.9. The molecule has 2 aromatic carbocycles. The van der Waals surface area contributed by atoms with Gasteiger partial charge < -0.3 is 29.0 Å². The third-order valence-corrected chi connectivity index (χ3v) is 9.06. The third-order valence-electron chi connectivity index (χ3n) is 9.06. The fourth-order valence-corrected chi connectivity index (χ4v) is 6.69. The van der Waals surface area contributed by atoms with Gasteiger partial charge in [0.25, 0.3) is 0 Å². The predicted octanol–water partition coefficient (Wildman–Crippen LogP) is 3.41. The monoisotopic (exact) mass is 581 g/mol. The minimum Gasteiger partial charge on any atom is -0.462 e. The zero-order valence-corrected chi connectivity index (χ0v) is 25.0. The van der Waals surface area contributed by atoms with Crippen LogP contribution < -0.4 is 14.5 Å². The number of fused-ring (bicyclic) bond motifs is 2.